The summed E-state index contributed by atoms with van der Waals surface area (Å²) in [5, 5.41) is 0. The monoisotopic (exact) mass is 140 g/mol. The van der Waals surface area contributed by atoms with Crippen LogP contribution in [0.15, 0.2) is 11.1 Å². The van der Waals surface area contributed by atoms with Crippen molar-refractivity contribution in [1.82, 2.24) is 0 Å². The van der Waals surface area contributed by atoms with Crippen molar-refractivity contribution in [2.45, 2.75) is 12.8 Å². The van der Waals surface area contributed by atoms with E-state index in [-0.39, 0.29) is 0 Å². The zero-order chi connectivity index (χ0) is 6.81. The van der Waals surface area contributed by atoms with Gasteiger partial charge in [-0.05, 0) is 24.0 Å². The summed E-state index contributed by atoms with van der Waals surface area (Å²) in [7, 11) is 0. The fraction of sp³-hybridized carbons (Fsp3) is 0.750. The van der Waals surface area contributed by atoms with Gasteiger partial charge in [-0.2, -0.15) is 0 Å². The van der Waals surface area contributed by atoms with E-state index >= 15 is 0 Å². The summed E-state index contributed by atoms with van der Waals surface area (Å²) in [6, 6.07) is 0. The molecule has 2 aliphatic rings. The van der Waals surface area contributed by atoms with Gasteiger partial charge in [0.15, 0.2) is 0 Å². The Bertz CT molecular complexity index is 127. The molecule has 0 aromatic rings. The minimum absolute atomic E-state index is 0.860. The van der Waals surface area contributed by atoms with E-state index in [0.717, 1.165) is 39.3 Å². The highest BCUT2D eigenvalue weighted by atomic mass is 16.5. The van der Waals surface area contributed by atoms with Crippen molar-refractivity contribution in [3.05, 3.63) is 11.1 Å². The third-order valence-corrected chi connectivity index (χ3v) is 2.15. The maximum absolute atomic E-state index is 5.33. The van der Waals surface area contributed by atoms with E-state index in [0.29, 0.717) is 0 Å². The number of hydrogen-bond acceptors (Lipinski definition) is 2. The van der Waals surface area contributed by atoms with Gasteiger partial charge in [-0.25, -0.2) is 0 Å². The summed E-state index contributed by atoms with van der Waals surface area (Å²) < 4.78 is 10.7. The van der Waals surface area contributed by atoms with Crippen molar-refractivity contribution in [3.8, 4) is 0 Å². The molecule has 0 unspecified atom stereocenters. The van der Waals surface area contributed by atoms with Crippen LogP contribution < -0.4 is 0 Å². The van der Waals surface area contributed by atoms with Gasteiger partial charge in [0.2, 0.25) is 0 Å². The molecule has 0 atom stereocenters. The van der Waals surface area contributed by atoms with E-state index in [1.165, 1.54) is 11.1 Å². The Morgan fingerprint density at radius 1 is 0.800 bits per heavy atom. The van der Waals surface area contributed by atoms with Gasteiger partial charge >= 0.3 is 0 Å². The number of ether oxygens (including phenoxy) is 2. The van der Waals surface area contributed by atoms with E-state index in [4.69, 9.17) is 9.47 Å². The van der Waals surface area contributed by atoms with Crippen molar-refractivity contribution in [3.63, 3.8) is 0 Å². The Morgan fingerprint density at radius 2 is 1.30 bits per heavy atom. The summed E-state index contributed by atoms with van der Waals surface area (Å²) in [4.78, 5) is 0. The minimum atomic E-state index is 0.860. The van der Waals surface area contributed by atoms with E-state index in [1.807, 2.05) is 0 Å². The second-order valence-corrected chi connectivity index (χ2v) is 2.81. The molecular weight excluding hydrogens is 128 g/mol. The first-order chi connectivity index (χ1) is 4.97. The predicted molar refractivity (Wildman–Crippen MR) is 37.9 cm³/mol. The molecule has 56 valence electrons. The van der Waals surface area contributed by atoms with Gasteiger partial charge in [-0.3, -0.25) is 0 Å². The molecule has 0 aliphatic carbocycles. The highest BCUT2D eigenvalue weighted by Crippen LogP contribution is 2.22. The van der Waals surface area contributed by atoms with Crippen molar-refractivity contribution in [2.75, 3.05) is 26.4 Å². The molecule has 0 fully saturated rings. The topological polar surface area (TPSA) is 18.5 Å². The van der Waals surface area contributed by atoms with Crippen LogP contribution in [0.25, 0.3) is 0 Å². The van der Waals surface area contributed by atoms with Crippen molar-refractivity contribution in [1.29, 1.82) is 0 Å². The summed E-state index contributed by atoms with van der Waals surface area (Å²) in [5.41, 5.74) is 3.00. The van der Waals surface area contributed by atoms with Crippen LogP contribution in [0.2, 0.25) is 0 Å². The Kier molecular flexibility index (Phi) is 1.74. The van der Waals surface area contributed by atoms with Crippen molar-refractivity contribution >= 4 is 0 Å². The average molecular weight is 140 g/mol. The zero-order valence-electron chi connectivity index (χ0n) is 6.06. The molecule has 10 heavy (non-hydrogen) atoms. The molecule has 2 aliphatic heterocycles. The molecule has 2 nitrogen and oxygen atoms in total. The van der Waals surface area contributed by atoms with Gasteiger partial charge < -0.3 is 9.47 Å². The van der Waals surface area contributed by atoms with E-state index < -0.39 is 0 Å². The quantitative estimate of drug-likeness (QED) is 0.469. The van der Waals surface area contributed by atoms with Gasteiger partial charge in [0.05, 0.1) is 26.4 Å². The van der Waals surface area contributed by atoms with Gasteiger partial charge in [0.1, 0.15) is 0 Å². The maximum atomic E-state index is 5.33. The van der Waals surface area contributed by atoms with Crippen LogP contribution >= 0.6 is 0 Å². The predicted octanol–water partition coefficient (Wildman–Crippen LogP) is 1.12. The summed E-state index contributed by atoms with van der Waals surface area (Å²) in [5.74, 6) is 0. The van der Waals surface area contributed by atoms with E-state index in [2.05, 4.69) is 0 Å². The molecule has 0 amide bonds. The molecule has 2 rings (SSSR count). The maximum Gasteiger partial charge on any atom is 0.0681 e. The molecule has 0 N–H and O–H groups in total. The van der Waals surface area contributed by atoms with Crippen molar-refractivity contribution in [2.24, 2.45) is 0 Å². The second-order valence-electron chi connectivity index (χ2n) is 2.81. The SMILES string of the molecule is C1CC2=C(CCOC2)CO1. The van der Waals surface area contributed by atoms with Crippen LogP contribution in [0.4, 0.5) is 0 Å². The Hall–Kier alpha value is -0.340. The summed E-state index contributed by atoms with van der Waals surface area (Å²) in [6.07, 6.45) is 2.19. The summed E-state index contributed by atoms with van der Waals surface area (Å²) in [6.45, 7) is 3.50. The lowest BCUT2D eigenvalue weighted by atomic mass is 10.0. The molecule has 0 saturated carbocycles. The molecule has 0 saturated heterocycles. The molecule has 0 aromatic carbocycles. The second kappa shape index (κ2) is 2.72. The van der Waals surface area contributed by atoms with Gasteiger partial charge in [-0.15, -0.1) is 0 Å². The highest BCUT2D eigenvalue weighted by Gasteiger charge is 2.16. The first-order valence-corrected chi connectivity index (χ1v) is 3.82. The Labute approximate surface area is 60.8 Å². The first kappa shape index (κ1) is 6.38. The Balaban J connectivity index is 2.14. The van der Waals surface area contributed by atoms with Crippen molar-refractivity contribution < 1.29 is 9.47 Å². The minimum Gasteiger partial charge on any atom is -0.377 e. The Morgan fingerprint density at radius 3 is 1.80 bits per heavy atom. The lowest BCUT2D eigenvalue weighted by Gasteiger charge is -2.24. The fourth-order valence-electron chi connectivity index (χ4n) is 1.48. The lowest BCUT2D eigenvalue weighted by Crippen LogP contribution is -2.20. The molecular formula is C8H12O2. The van der Waals surface area contributed by atoms with Crippen LogP contribution in [0.3, 0.4) is 0 Å². The van der Waals surface area contributed by atoms with Crippen LogP contribution in [0.5, 0.6) is 0 Å². The largest absolute Gasteiger partial charge is 0.377 e. The lowest BCUT2D eigenvalue weighted by molar-refractivity contribution is 0.0939. The van der Waals surface area contributed by atoms with Crippen LogP contribution in [0.1, 0.15) is 12.8 Å². The van der Waals surface area contributed by atoms with Crippen LogP contribution in [0, 0.1) is 0 Å². The standard InChI is InChI=1S/C8H12O2/c1-3-9-6-8-2-4-10-5-7(1)8/h1-6H2. The molecule has 0 aromatic heterocycles. The van der Waals surface area contributed by atoms with Gasteiger partial charge in [0, 0.05) is 0 Å². The van der Waals surface area contributed by atoms with Crippen LogP contribution in [-0.4, -0.2) is 26.4 Å². The number of rotatable bonds is 0. The van der Waals surface area contributed by atoms with Gasteiger partial charge in [-0.1, -0.05) is 0 Å². The molecule has 2 heterocycles. The summed E-state index contributed by atoms with van der Waals surface area (Å²) >= 11 is 0. The van der Waals surface area contributed by atoms with E-state index in [9.17, 15) is 0 Å². The smallest absolute Gasteiger partial charge is 0.0681 e. The average Bonchev–Trinajstić information content (AvgIpc) is 2.05. The fourth-order valence-corrected chi connectivity index (χ4v) is 1.48. The normalized spacial score (nSPS) is 26.4. The highest BCUT2D eigenvalue weighted by molar-refractivity contribution is 5.19. The molecule has 0 radical (unpaired) electrons. The third kappa shape index (κ3) is 1.09. The first-order valence-electron chi connectivity index (χ1n) is 3.82. The van der Waals surface area contributed by atoms with Crippen LogP contribution in [-0.2, 0) is 9.47 Å². The molecule has 0 bridgehead atoms. The molecule has 0 spiro atoms. The van der Waals surface area contributed by atoms with E-state index in [1.54, 1.807) is 0 Å². The number of hydrogen-bond donors (Lipinski definition) is 0. The third-order valence-electron chi connectivity index (χ3n) is 2.15. The molecule has 2 heteroatoms. The van der Waals surface area contributed by atoms with Gasteiger partial charge in [0.25, 0.3) is 0 Å². The zero-order valence-corrected chi connectivity index (χ0v) is 6.06.